The molecule has 31 heavy (non-hydrogen) atoms. The highest BCUT2D eigenvalue weighted by atomic mass is 19.1. The van der Waals surface area contributed by atoms with Gasteiger partial charge in [-0.15, -0.1) is 0 Å². The quantitative estimate of drug-likeness (QED) is 0.497. The highest BCUT2D eigenvalue weighted by molar-refractivity contribution is 6.39. The van der Waals surface area contributed by atoms with Crippen LogP contribution < -0.4 is 10.2 Å². The number of barbiturate groups is 1. The van der Waals surface area contributed by atoms with Crippen LogP contribution in [0.25, 0.3) is 17.0 Å². The average Bonchev–Trinajstić information content (AvgIpc) is 3.13. The van der Waals surface area contributed by atoms with Gasteiger partial charge in [0.15, 0.2) is 0 Å². The number of fused-ring (bicyclic) bond motifs is 1. The van der Waals surface area contributed by atoms with Crippen molar-refractivity contribution in [3.05, 3.63) is 71.7 Å². The van der Waals surface area contributed by atoms with E-state index in [1.54, 1.807) is 42.0 Å². The van der Waals surface area contributed by atoms with Gasteiger partial charge >= 0.3 is 12.0 Å². The summed E-state index contributed by atoms with van der Waals surface area (Å²) in [5.41, 5.74) is 0.881. The van der Waals surface area contributed by atoms with Gasteiger partial charge in [-0.3, -0.25) is 14.9 Å². The molecule has 0 unspecified atom stereocenters. The number of imide groups is 2. The first-order chi connectivity index (χ1) is 14.8. The van der Waals surface area contributed by atoms with E-state index in [0.717, 1.165) is 6.07 Å². The first-order valence-electron chi connectivity index (χ1n) is 9.26. The average molecular weight is 421 g/mol. The summed E-state index contributed by atoms with van der Waals surface area (Å²) in [4.78, 5) is 49.3. The number of carbonyl (C=O) groups is 4. The van der Waals surface area contributed by atoms with E-state index in [1.165, 1.54) is 24.3 Å². The first kappa shape index (κ1) is 20.0. The number of amides is 4. The molecule has 1 aromatic heterocycles. The van der Waals surface area contributed by atoms with Crippen LogP contribution in [-0.2, 0) is 14.4 Å². The maximum Gasteiger partial charge on any atom is 0.335 e. The lowest BCUT2D eigenvalue weighted by Crippen LogP contribution is -2.54. The van der Waals surface area contributed by atoms with Crippen LogP contribution >= 0.6 is 0 Å². The topological polar surface area (TPSA) is 109 Å². The van der Waals surface area contributed by atoms with Crippen LogP contribution in [0.1, 0.15) is 18.5 Å². The molecule has 1 aliphatic rings. The van der Waals surface area contributed by atoms with Gasteiger partial charge in [-0.2, -0.15) is 0 Å². The molecule has 2 N–H and O–H groups in total. The minimum absolute atomic E-state index is 0.00362. The molecule has 1 atom stereocenters. The Balaban J connectivity index is 1.72. The SMILES string of the molecule is C[C@@H](C(=O)O)n1ccc2cc(/C=C3\C(=O)NC(=O)N(c4cccc(F)c4)C3=O)ccc21. The molecule has 0 spiro atoms. The molecular formula is C22H16FN3O5. The molecule has 0 radical (unpaired) electrons. The Bertz CT molecular complexity index is 1290. The molecule has 2 heterocycles. The molecule has 2 aromatic carbocycles. The Labute approximate surface area is 175 Å². The van der Waals surface area contributed by atoms with E-state index in [2.05, 4.69) is 5.32 Å². The minimum Gasteiger partial charge on any atom is -0.480 e. The summed E-state index contributed by atoms with van der Waals surface area (Å²) >= 11 is 0. The van der Waals surface area contributed by atoms with Crippen LogP contribution in [-0.4, -0.2) is 33.5 Å². The summed E-state index contributed by atoms with van der Waals surface area (Å²) in [6.45, 7) is 1.56. The summed E-state index contributed by atoms with van der Waals surface area (Å²) in [6.07, 6.45) is 2.97. The number of carboxylic acids is 1. The van der Waals surface area contributed by atoms with Crippen LogP contribution in [0.15, 0.2) is 60.3 Å². The fourth-order valence-corrected chi connectivity index (χ4v) is 3.40. The second kappa shape index (κ2) is 7.52. The van der Waals surface area contributed by atoms with Crippen LogP contribution in [0.4, 0.5) is 14.9 Å². The highest BCUT2D eigenvalue weighted by Gasteiger charge is 2.36. The fourth-order valence-electron chi connectivity index (χ4n) is 3.40. The number of aliphatic carboxylic acids is 1. The molecule has 4 amide bonds. The number of halogens is 1. The third kappa shape index (κ3) is 3.57. The number of aromatic nitrogens is 1. The van der Waals surface area contributed by atoms with Gasteiger partial charge in [0, 0.05) is 17.1 Å². The van der Waals surface area contributed by atoms with Crippen LogP contribution in [0.2, 0.25) is 0 Å². The predicted octanol–water partition coefficient (Wildman–Crippen LogP) is 3.09. The lowest BCUT2D eigenvalue weighted by atomic mass is 10.1. The van der Waals surface area contributed by atoms with Gasteiger partial charge in [0.05, 0.1) is 5.69 Å². The summed E-state index contributed by atoms with van der Waals surface area (Å²) in [7, 11) is 0. The zero-order chi connectivity index (χ0) is 22.3. The standard InChI is InChI=1S/C22H16FN3O5/c1-12(21(29)30)25-8-7-14-9-13(5-6-18(14)25)10-17-19(27)24-22(31)26(20(17)28)16-4-2-3-15(23)11-16/h2-12H,1H3,(H,29,30)(H,24,27,31)/b17-10+/t12-/m0/s1. The van der Waals surface area contributed by atoms with Gasteiger partial charge in [0.25, 0.3) is 11.8 Å². The van der Waals surface area contributed by atoms with Crippen molar-refractivity contribution < 1.29 is 28.7 Å². The molecule has 9 heteroatoms. The van der Waals surface area contributed by atoms with Gasteiger partial charge in [-0.25, -0.2) is 18.9 Å². The van der Waals surface area contributed by atoms with Crippen LogP contribution in [0.3, 0.4) is 0 Å². The number of carboxylic acid groups (broad SMARTS) is 1. The number of nitrogens with zero attached hydrogens (tertiary/aromatic N) is 2. The Hall–Kier alpha value is -4.27. The van der Waals surface area contributed by atoms with Crippen molar-refractivity contribution in [2.24, 2.45) is 0 Å². The van der Waals surface area contributed by atoms with Crippen molar-refractivity contribution in [1.29, 1.82) is 0 Å². The fraction of sp³-hybridized carbons (Fsp3) is 0.0909. The zero-order valence-corrected chi connectivity index (χ0v) is 16.2. The van der Waals surface area contributed by atoms with E-state index in [1.807, 2.05) is 0 Å². The molecular weight excluding hydrogens is 405 g/mol. The van der Waals surface area contributed by atoms with Crippen molar-refractivity contribution in [1.82, 2.24) is 9.88 Å². The number of urea groups is 1. The number of benzene rings is 2. The molecule has 0 aliphatic carbocycles. The summed E-state index contributed by atoms with van der Waals surface area (Å²) in [5.74, 6) is -3.35. The van der Waals surface area contributed by atoms with E-state index < -0.39 is 35.7 Å². The molecule has 3 aromatic rings. The molecule has 4 rings (SSSR count). The number of nitrogens with one attached hydrogen (secondary N) is 1. The molecule has 8 nitrogen and oxygen atoms in total. The van der Waals surface area contributed by atoms with E-state index in [0.29, 0.717) is 21.4 Å². The third-order valence-electron chi connectivity index (χ3n) is 5.00. The third-order valence-corrected chi connectivity index (χ3v) is 5.00. The predicted molar refractivity (Wildman–Crippen MR) is 110 cm³/mol. The molecule has 1 aliphatic heterocycles. The van der Waals surface area contributed by atoms with Crippen molar-refractivity contribution in [2.75, 3.05) is 4.90 Å². The molecule has 156 valence electrons. The Morgan fingerprint density at radius 1 is 1.13 bits per heavy atom. The summed E-state index contributed by atoms with van der Waals surface area (Å²) in [6, 6.07) is 9.91. The molecule has 1 saturated heterocycles. The maximum atomic E-state index is 13.6. The molecule has 0 bridgehead atoms. The van der Waals surface area contributed by atoms with Crippen molar-refractivity contribution in [3.63, 3.8) is 0 Å². The number of anilines is 1. The Kier molecular flexibility index (Phi) is 4.86. The smallest absolute Gasteiger partial charge is 0.335 e. The number of hydrogen-bond acceptors (Lipinski definition) is 4. The van der Waals surface area contributed by atoms with Crippen molar-refractivity contribution >= 4 is 46.5 Å². The van der Waals surface area contributed by atoms with E-state index in [9.17, 15) is 28.7 Å². The van der Waals surface area contributed by atoms with E-state index in [-0.39, 0.29) is 11.3 Å². The normalized spacial score (nSPS) is 16.6. The van der Waals surface area contributed by atoms with E-state index >= 15 is 0 Å². The van der Waals surface area contributed by atoms with E-state index in [4.69, 9.17) is 0 Å². The molecule has 1 fully saturated rings. The number of rotatable bonds is 4. The van der Waals surface area contributed by atoms with Crippen molar-refractivity contribution in [2.45, 2.75) is 13.0 Å². The highest BCUT2D eigenvalue weighted by Crippen LogP contribution is 2.25. The Morgan fingerprint density at radius 2 is 1.90 bits per heavy atom. The number of hydrogen-bond donors (Lipinski definition) is 2. The van der Waals surface area contributed by atoms with Crippen LogP contribution in [0, 0.1) is 5.82 Å². The summed E-state index contributed by atoms with van der Waals surface area (Å²) < 4.78 is 15.2. The minimum atomic E-state index is -0.977. The first-order valence-corrected chi connectivity index (χ1v) is 9.26. The van der Waals surface area contributed by atoms with Gasteiger partial charge < -0.3 is 9.67 Å². The molecule has 0 saturated carbocycles. The van der Waals surface area contributed by atoms with Crippen molar-refractivity contribution in [3.8, 4) is 0 Å². The lowest BCUT2D eigenvalue weighted by Gasteiger charge is -2.26. The maximum absolute atomic E-state index is 13.6. The summed E-state index contributed by atoms with van der Waals surface area (Å²) in [5, 5.41) is 12.0. The van der Waals surface area contributed by atoms with Crippen LogP contribution in [0.5, 0.6) is 0 Å². The number of carbonyl (C=O) groups excluding carboxylic acids is 3. The second-order valence-corrected chi connectivity index (χ2v) is 6.99. The van der Waals surface area contributed by atoms with Gasteiger partial charge in [0.1, 0.15) is 17.4 Å². The van der Waals surface area contributed by atoms with Gasteiger partial charge in [-0.05, 0) is 55.0 Å². The lowest BCUT2D eigenvalue weighted by molar-refractivity contribution is -0.140. The second-order valence-electron chi connectivity index (χ2n) is 6.99. The largest absolute Gasteiger partial charge is 0.480 e. The zero-order valence-electron chi connectivity index (χ0n) is 16.2. The Morgan fingerprint density at radius 3 is 2.61 bits per heavy atom. The monoisotopic (exact) mass is 421 g/mol. The van der Waals surface area contributed by atoms with Gasteiger partial charge in [-0.1, -0.05) is 12.1 Å². The van der Waals surface area contributed by atoms with Gasteiger partial charge in [0.2, 0.25) is 0 Å².